The van der Waals surface area contributed by atoms with Gasteiger partial charge in [0.1, 0.15) is 5.78 Å². The molecule has 1 nitrogen and oxygen atoms in total. The fraction of sp³-hybridized carbons (Fsp3) is 0.880. The van der Waals surface area contributed by atoms with E-state index >= 15 is 0 Å². The molecule has 1 aliphatic carbocycles. The van der Waals surface area contributed by atoms with Crippen LogP contribution in [0, 0.1) is 11.3 Å². The molecule has 158 valence electrons. The molecule has 27 heavy (non-hydrogen) atoms. The number of hydrogen-bond acceptors (Lipinski definition) is 2. The Kier molecular flexibility index (Phi) is 12.7. The van der Waals surface area contributed by atoms with Crippen molar-refractivity contribution >= 4 is 17.5 Å². The van der Waals surface area contributed by atoms with Crippen molar-refractivity contribution < 1.29 is 4.79 Å². The molecule has 2 heteroatoms. The van der Waals surface area contributed by atoms with Gasteiger partial charge in [0.05, 0.1) is 0 Å². The summed E-state index contributed by atoms with van der Waals surface area (Å²) < 4.78 is 0. The summed E-state index contributed by atoms with van der Waals surface area (Å²) in [6.07, 6.45) is 19.2. The van der Waals surface area contributed by atoms with E-state index in [9.17, 15) is 4.79 Å². The second kappa shape index (κ2) is 13.9. The SMILES string of the molecule is CCCCCCCCCCCCSC(C)CC(=O)C1C(C)=CCCC1(C)C. The molecular weight excluding hydrogens is 348 g/mol. The summed E-state index contributed by atoms with van der Waals surface area (Å²) in [6, 6.07) is 0. The number of rotatable bonds is 15. The van der Waals surface area contributed by atoms with E-state index in [-0.39, 0.29) is 11.3 Å². The lowest BCUT2D eigenvalue weighted by molar-refractivity contribution is -0.125. The predicted molar refractivity (Wildman–Crippen MR) is 124 cm³/mol. The molecule has 0 amide bonds. The number of allylic oxidation sites excluding steroid dienone is 2. The van der Waals surface area contributed by atoms with Crippen LogP contribution in [0.25, 0.3) is 0 Å². The van der Waals surface area contributed by atoms with Crippen molar-refractivity contribution in [3.63, 3.8) is 0 Å². The molecule has 1 aliphatic rings. The quantitative estimate of drug-likeness (QED) is 0.205. The lowest BCUT2D eigenvalue weighted by Crippen LogP contribution is -2.35. The number of ketones is 1. The minimum atomic E-state index is 0.136. The fourth-order valence-corrected chi connectivity index (χ4v) is 5.63. The summed E-state index contributed by atoms with van der Waals surface area (Å²) in [4.78, 5) is 12.9. The van der Waals surface area contributed by atoms with Gasteiger partial charge < -0.3 is 0 Å². The van der Waals surface area contributed by atoms with Crippen molar-refractivity contribution in [3.05, 3.63) is 11.6 Å². The van der Waals surface area contributed by atoms with Crippen LogP contribution in [0.15, 0.2) is 11.6 Å². The summed E-state index contributed by atoms with van der Waals surface area (Å²) in [5, 5.41) is 0.460. The first-order valence-corrected chi connectivity index (χ1v) is 12.7. The fourth-order valence-electron chi connectivity index (χ4n) is 4.57. The number of carbonyl (C=O) groups excluding carboxylic acids is 1. The highest BCUT2D eigenvalue weighted by Gasteiger charge is 2.37. The van der Waals surface area contributed by atoms with E-state index in [1.54, 1.807) is 0 Å². The Labute approximate surface area is 174 Å². The standard InChI is InChI=1S/C25H46OS/c1-6-7-8-9-10-11-12-13-14-15-19-27-22(3)20-23(26)24-21(2)17-16-18-25(24,4)5/h17,22,24H,6-16,18-20H2,1-5H3. The largest absolute Gasteiger partial charge is 0.299 e. The van der Waals surface area contributed by atoms with E-state index in [1.165, 1.54) is 75.5 Å². The summed E-state index contributed by atoms with van der Waals surface area (Å²) in [6.45, 7) is 11.2. The number of carbonyl (C=O) groups is 1. The van der Waals surface area contributed by atoms with E-state index in [0.717, 1.165) is 19.3 Å². The van der Waals surface area contributed by atoms with Crippen molar-refractivity contribution in [1.82, 2.24) is 0 Å². The third kappa shape index (κ3) is 10.2. The summed E-state index contributed by atoms with van der Waals surface area (Å²) >= 11 is 2.01. The Bertz CT molecular complexity index is 438. The lowest BCUT2D eigenvalue weighted by Gasteiger charge is -2.37. The van der Waals surface area contributed by atoms with Crippen molar-refractivity contribution in [2.45, 2.75) is 123 Å². The van der Waals surface area contributed by atoms with Gasteiger partial charge in [0.2, 0.25) is 0 Å². The van der Waals surface area contributed by atoms with Crippen LogP contribution < -0.4 is 0 Å². The highest BCUT2D eigenvalue weighted by molar-refractivity contribution is 7.99. The minimum Gasteiger partial charge on any atom is -0.299 e. The van der Waals surface area contributed by atoms with Gasteiger partial charge in [0, 0.05) is 17.6 Å². The van der Waals surface area contributed by atoms with E-state index in [1.807, 2.05) is 11.8 Å². The number of unbranched alkanes of at least 4 members (excludes halogenated alkanes) is 9. The zero-order valence-corrected chi connectivity index (χ0v) is 19.8. The third-order valence-electron chi connectivity index (χ3n) is 6.20. The predicted octanol–water partition coefficient (Wildman–Crippen LogP) is 8.37. The first-order chi connectivity index (χ1) is 12.9. The topological polar surface area (TPSA) is 17.1 Å². The molecule has 1 rings (SSSR count). The van der Waals surface area contributed by atoms with E-state index in [0.29, 0.717) is 11.0 Å². The molecule has 0 aromatic heterocycles. The van der Waals surface area contributed by atoms with Gasteiger partial charge in [-0.3, -0.25) is 4.79 Å². The Balaban J connectivity index is 2.08. The average molecular weight is 395 g/mol. The van der Waals surface area contributed by atoms with Crippen LogP contribution in [0.2, 0.25) is 0 Å². The zero-order valence-electron chi connectivity index (χ0n) is 18.9. The number of Topliss-reactive ketones (excluding diaryl/α,β-unsaturated/α-hetero) is 1. The molecule has 2 atom stereocenters. The molecule has 0 bridgehead atoms. The molecule has 0 radical (unpaired) electrons. The maximum absolute atomic E-state index is 12.9. The van der Waals surface area contributed by atoms with Gasteiger partial charge in [-0.25, -0.2) is 0 Å². The molecule has 0 fully saturated rings. The maximum Gasteiger partial charge on any atom is 0.141 e. The Morgan fingerprint density at radius 1 is 1.07 bits per heavy atom. The summed E-state index contributed by atoms with van der Waals surface area (Å²) in [5.74, 6) is 1.83. The molecule has 0 aliphatic heterocycles. The summed E-state index contributed by atoms with van der Waals surface area (Å²) in [7, 11) is 0. The monoisotopic (exact) mass is 394 g/mol. The molecule has 0 heterocycles. The molecule has 0 aromatic rings. The minimum absolute atomic E-state index is 0.136. The molecule has 0 N–H and O–H groups in total. The molecule has 0 aromatic carbocycles. The van der Waals surface area contributed by atoms with Crippen LogP contribution in [0.5, 0.6) is 0 Å². The van der Waals surface area contributed by atoms with E-state index in [2.05, 4.69) is 40.7 Å². The van der Waals surface area contributed by atoms with Crippen molar-refractivity contribution in [3.8, 4) is 0 Å². The maximum atomic E-state index is 12.9. The van der Waals surface area contributed by atoms with E-state index in [4.69, 9.17) is 0 Å². The number of hydrogen-bond donors (Lipinski definition) is 0. The van der Waals surface area contributed by atoms with E-state index < -0.39 is 0 Å². The van der Waals surface area contributed by atoms with Gasteiger partial charge >= 0.3 is 0 Å². The van der Waals surface area contributed by atoms with Crippen LogP contribution in [0.4, 0.5) is 0 Å². The van der Waals surface area contributed by atoms with Crippen molar-refractivity contribution in [1.29, 1.82) is 0 Å². The average Bonchev–Trinajstić information content (AvgIpc) is 2.58. The normalized spacial score (nSPS) is 20.3. The Hall–Kier alpha value is -0.240. The highest BCUT2D eigenvalue weighted by atomic mass is 32.2. The van der Waals surface area contributed by atoms with Gasteiger partial charge in [-0.1, -0.05) is 97.1 Å². The van der Waals surface area contributed by atoms with Crippen LogP contribution in [0.3, 0.4) is 0 Å². The molecule has 0 saturated heterocycles. The zero-order chi connectivity index (χ0) is 20.1. The Morgan fingerprint density at radius 2 is 1.63 bits per heavy atom. The highest BCUT2D eigenvalue weighted by Crippen LogP contribution is 2.42. The van der Waals surface area contributed by atoms with Gasteiger partial charge in [-0.2, -0.15) is 11.8 Å². The van der Waals surface area contributed by atoms with Gasteiger partial charge in [0.15, 0.2) is 0 Å². The van der Waals surface area contributed by atoms with Crippen LogP contribution in [-0.4, -0.2) is 16.8 Å². The van der Waals surface area contributed by atoms with Gasteiger partial charge in [-0.05, 0) is 37.4 Å². The molecule has 2 unspecified atom stereocenters. The first-order valence-electron chi connectivity index (χ1n) is 11.7. The molecule has 0 saturated carbocycles. The third-order valence-corrected chi connectivity index (χ3v) is 7.46. The van der Waals surface area contributed by atoms with Crippen LogP contribution >= 0.6 is 11.8 Å². The van der Waals surface area contributed by atoms with Crippen LogP contribution in [-0.2, 0) is 4.79 Å². The molecule has 0 spiro atoms. The lowest BCUT2D eigenvalue weighted by atomic mass is 9.66. The van der Waals surface area contributed by atoms with Gasteiger partial charge in [0.25, 0.3) is 0 Å². The number of thioether (sulfide) groups is 1. The van der Waals surface area contributed by atoms with Crippen molar-refractivity contribution in [2.75, 3.05) is 5.75 Å². The second-order valence-electron chi connectivity index (χ2n) is 9.44. The van der Waals surface area contributed by atoms with Gasteiger partial charge in [-0.15, -0.1) is 0 Å². The smallest absolute Gasteiger partial charge is 0.141 e. The second-order valence-corrected chi connectivity index (χ2v) is 11.0. The first kappa shape index (κ1) is 24.8. The molecular formula is C25H46OS. The van der Waals surface area contributed by atoms with Crippen LogP contribution in [0.1, 0.15) is 118 Å². The summed E-state index contributed by atoms with van der Waals surface area (Å²) in [5.41, 5.74) is 1.44. The van der Waals surface area contributed by atoms with Crippen molar-refractivity contribution in [2.24, 2.45) is 11.3 Å². The Morgan fingerprint density at radius 3 is 2.19 bits per heavy atom.